The Labute approximate surface area is 168 Å². The summed E-state index contributed by atoms with van der Waals surface area (Å²) in [6, 6.07) is 10.9. The van der Waals surface area contributed by atoms with Crippen LogP contribution in [-0.2, 0) is 16.1 Å². The third-order valence-corrected chi connectivity index (χ3v) is 4.77. The molecule has 0 saturated carbocycles. The van der Waals surface area contributed by atoms with Crippen molar-refractivity contribution in [2.45, 2.75) is 25.4 Å². The van der Waals surface area contributed by atoms with Crippen LogP contribution in [0.15, 0.2) is 35.4 Å². The number of esters is 1. The Morgan fingerprint density at radius 1 is 1.29 bits per heavy atom. The Morgan fingerprint density at radius 2 is 2.00 bits per heavy atom. The van der Waals surface area contributed by atoms with Crippen molar-refractivity contribution in [3.63, 3.8) is 0 Å². The summed E-state index contributed by atoms with van der Waals surface area (Å²) in [5.74, 6) is 0.162. The second-order valence-corrected chi connectivity index (χ2v) is 6.68. The number of hydrogen-bond acceptors (Lipinski definition) is 7. The number of nitrogens with one attached hydrogen (secondary N) is 1. The van der Waals surface area contributed by atoms with Gasteiger partial charge in [0.05, 0.1) is 36.3 Å². The molecule has 1 heterocycles. The molecule has 0 aliphatic carbocycles. The van der Waals surface area contributed by atoms with E-state index in [0.29, 0.717) is 17.3 Å². The fraction of sp³-hybridized carbons (Fsp3) is 0.300. The zero-order chi connectivity index (χ0) is 20.5. The van der Waals surface area contributed by atoms with Crippen molar-refractivity contribution in [1.82, 2.24) is 10.3 Å². The van der Waals surface area contributed by atoms with E-state index in [1.165, 1.54) is 6.07 Å². The van der Waals surface area contributed by atoms with Crippen LogP contribution in [0.2, 0.25) is 0 Å². The molecule has 0 spiro atoms. The van der Waals surface area contributed by atoms with Gasteiger partial charge in [-0.05, 0) is 37.6 Å². The predicted molar refractivity (Wildman–Crippen MR) is 105 cm³/mol. The van der Waals surface area contributed by atoms with Crippen LogP contribution < -0.4 is 10.1 Å². The number of benzene rings is 1. The van der Waals surface area contributed by atoms with E-state index in [4.69, 9.17) is 9.47 Å². The third-order valence-electron chi connectivity index (χ3n) is 3.78. The quantitative estimate of drug-likeness (QED) is 0.538. The molecular formula is C20H21N3O4S. The first-order valence-corrected chi connectivity index (χ1v) is 9.58. The van der Waals surface area contributed by atoms with E-state index in [9.17, 15) is 14.9 Å². The number of methoxy groups -OCH3 is 1. The van der Waals surface area contributed by atoms with E-state index in [1.807, 2.05) is 30.3 Å². The summed E-state index contributed by atoms with van der Waals surface area (Å²) in [5.41, 5.74) is 1.90. The van der Waals surface area contributed by atoms with Crippen molar-refractivity contribution < 1.29 is 19.1 Å². The Bertz CT molecular complexity index is 892. The first-order chi connectivity index (χ1) is 13.5. The molecule has 0 aliphatic heterocycles. The summed E-state index contributed by atoms with van der Waals surface area (Å²) in [7, 11) is 1.60. The molecule has 0 fully saturated rings. The largest absolute Gasteiger partial charge is 0.497 e. The molecule has 1 N–H and O–H groups in total. The lowest BCUT2D eigenvalue weighted by Gasteiger charge is -2.09. The number of pyridine rings is 1. The van der Waals surface area contributed by atoms with Crippen molar-refractivity contribution in [3.05, 3.63) is 52.7 Å². The van der Waals surface area contributed by atoms with E-state index in [1.54, 1.807) is 21.0 Å². The molecular weight excluding hydrogens is 378 g/mol. The number of amides is 1. The van der Waals surface area contributed by atoms with Crippen molar-refractivity contribution in [3.8, 4) is 11.8 Å². The fourth-order valence-corrected chi connectivity index (χ4v) is 3.15. The van der Waals surface area contributed by atoms with E-state index >= 15 is 0 Å². The second kappa shape index (κ2) is 10.3. The number of nitrogens with zero attached hydrogens (tertiary/aromatic N) is 2. The Morgan fingerprint density at radius 3 is 2.61 bits per heavy atom. The van der Waals surface area contributed by atoms with Crippen LogP contribution in [0.4, 0.5) is 0 Å². The molecule has 0 bridgehead atoms. The van der Waals surface area contributed by atoms with Gasteiger partial charge in [-0.25, -0.2) is 9.78 Å². The average molecular weight is 399 g/mol. The molecule has 0 saturated heterocycles. The highest BCUT2D eigenvalue weighted by Gasteiger charge is 2.17. The highest BCUT2D eigenvalue weighted by Crippen LogP contribution is 2.23. The van der Waals surface area contributed by atoms with Gasteiger partial charge in [-0.1, -0.05) is 23.9 Å². The normalized spacial score (nSPS) is 10.1. The van der Waals surface area contributed by atoms with Gasteiger partial charge in [0.25, 0.3) is 0 Å². The molecule has 2 aromatic rings. The monoisotopic (exact) mass is 399 g/mol. The minimum absolute atomic E-state index is 0.107. The highest BCUT2D eigenvalue weighted by molar-refractivity contribution is 8.00. The van der Waals surface area contributed by atoms with Gasteiger partial charge in [0, 0.05) is 6.54 Å². The maximum atomic E-state index is 12.1. The minimum Gasteiger partial charge on any atom is -0.497 e. The number of carbonyl (C=O) groups is 2. The van der Waals surface area contributed by atoms with Crippen molar-refractivity contribution in [2.75, 3.05) is 19.5 Å². The highest BCUT2D eigenvalue weighted by atomic mass is 32.2. The van der Waals surface area contributed by atoms with Crippen molar-refractivity contribution in [1.29, 1.82) is 5.26 Å². The Balaban J connectivity index is 1.97. The predicted octanol–water partition coefficient (Wildman–Crippen LogP) is 2.86. The van der Waals surface area contributed by atoms with Crippen LogP contribution in [0.1, 0.15) is 34.1 Å². The molecule has 1 aromatic carbocycles. The summed E-state index contributed by atoms with van der Waals surface area (Å²) in [5, 5.41) is 12.6. The average Bonchev–Trinajstić information content (AvgIpc) is 2.71. The van der Waals surface area contributed by atoms with Gasteiger partial charge < -0.3 is 14.8 Å². The summed E-state index contributed by atoms with van der Waals surface area (Å²) in [4.78, 5) is 28.3. The van der Waals surface area contributed by atoms with Crippen LogP contribution >= 0.6 is 11.8 Å². The zero-order valence-electron chi connectivity index (χ0n) is 15.9. The number of carbonyl (C=O) groups excluding carboxylic acids is 2. The summed E-state index contributed by atoms with van der Waals surface area (Å²) >= 11 is 1.15. The number of aryl methyl sites for hydroxylation is 1. The molecule has 0 aliphatic rings. The van der Waals surface area contributed by atoms with E-state index in [-0.39, 0.29) is 29.4 Å². The maximum Gasteiger partial charge on any atom is 0.340 e. The molecule has 28 heavy (non-hydrogen) atoms. The number of hydrogen-bond donors (Lipinski definition) is 1. The van der Waals surface area contributed by atoms with Gasteiger partial charge in [-0.3, -0.25) is 4.79 Å². The molecule has 146 valence electrons. The molecule has 1 amide bonds. The molecule has 0 radical (unpaired) electrons. The number of thioether (sulfide) groups is 1. The molecule has 7 nitrogen and oxygen atoms in total. The van der Waals surface area contributed by atoms with Gasteiger partial charge in [-0.2, -0.15) is 5.26 Å². The lowest BCUT2D eigenvalue weighted by molar-refractivity contribution is -0.118. The number of aromatic nitrogens is 1. The minimum atomic E-state index is -0.516. The van der Waals surface area contributed by atoms with Gasteiger partial charge >= 0.3 is 5.97 Å². The van der Waals surface area contributed by atoms with Gasteiger partial charge in [0.1, 0.15) is 16.8 Å². The standard InChI is InChI=1S/C20H21N3O4S/c1-4-27-20(25)17-9-15(10-21)19(23-13(17)2)28-12-18(24)22-11-14-5-7-16(26-3)8-6-14/h5-9H,4,11-12H2,1-3H3,(H,22,24). The molecule has 0 atom stereocenters. The van der Waals surface area contributed by atoms with Gasteiger partial charge in [0.15, 0.2) is 0 Å². The zero-order valence-corrected chi connectivity index (χ0v) is 16.8. The smallest absolute Gasteiger partial charge is 0.340 e. The first-order valence-electron chi connectivity index (χ1n) is 8.59. The van der Waals surface area contributed by atoms with Crippen LogP contribution in [0.3, 0.4) is 0 Å². The van der Waals surface area contributed by atoms with Gasteiger partial charge in [0.2, 0.25) is 5.91 Å². The van der Waals surface area contributed by atoms with E-state index in [2.05, 4.69) is 10.3 Å². The van der Waals surface area contributed by atoms with E-state index < -0.39 is 5.97 Å². The number of nitriles is 1. The lowest BCUT2D eigenvalue weighted by atomic mass is 10.1. The molecule has 2 rings (SSSR count). The Kier molecular flexibility index (Phi) is 7.84. The van der Waals surface area contributed by atoms with Gasteiger partial charge in [-0.15, -0.1) is 0 Å². The number of rotatable bonds is 8. The maximum absolute atomic E-state index is 12.1. The second-order valence-electron chi connectivity index (χ2n) is 5.72. The molecule has 8 heteroatoms. The van der Waals surface area contributed by atoms with Crippen LogP contribution in [0, 0.1) is 18.3 Å². The SMILES string of the molecule is CCOC(=O)c1cc(C#N)c(SCC(=O)NCc2ccc(OC)cc2)nc1C. The molecule has 1 aromatic heterocycles. The van der Waals surface area contributed by atoms with Crippen LogP contribution in [0.25, 0.3) is 0 Å². The van der Waals surface area contributed by atoms with Crippen molar-refractivity contribution >= 4 is 23.6 Å². The summed E-state index contributed by atoms with van der Waals surface area (Å²) in [6.07, 6.45) is 0. The summed E-state index contributed by atoms with van der Waals surface area (Å²) < 4.78 is 10.1. The van der Waals surface area contributed by atoms with E-state index in [0.717, 1.165) is 23.1 Å². The first kappa shape index (κ1) is 21.3. The van der Waals surface area contributed by atoms with Crippen LogP contribution in [0.5, 0.6) is 5.75 Å². The van der Waals surface area contributed by atoms with Crippen LogP contribution in [-0.4, -0.2) is 36.3 Å². The van der Waals surface area contributed by atoms with Crippen molar-refractivity contribution in [2.24, 2.45) is 0 Å². The third kappa shape index (κ3) is 5.72. The number of ether oxygens (including phenoxy) is 2. The lowest BCUT2D eigenvalue weighted by Crippen LogP contribution is -2.24. The molecule has 0 unspecified atom stereocenters. The summed E-state index contributed by atoms with van der Waals surface area (Å²) in [6.45, 7) is 4.01. The topological polar surface area (TPSA) is 101 Å². The fourth-order valence-electron chi connectivity index (χ4n) is 2.32. The Hall–Kier alpha value is -3.05.